The summed E-state index contributed by atoms with van der Waals surface area (Å²) in [7, 11) is 0. The van der Waals surface area contributed by atoms with Gasteiger partial charge in [0.1, 0.15) is 0 Å². The fourth-order valence-electron chi connectivity index (χ4n) is 2.34. The van der Waals surface area contributed by atoms with Gasteiger partial charge in [0.2, 0.25) is 0 Å². The average Bonchev–Trinajstić information content (AvgIpc) is 2.16. The van der Waals surface area contributed by atoms with E-state index in [0.29, 0.717) is 5.41 Å². The Morgan fingerprint density at radius 2 is 1.67 bits per heavy atom. The second kappa shape index (κ2) is 4.83. The lowest BCUT2D eigenvalue weighted by molar-refractivity contribution is 0.179. The molecule has 1 saturated carbocycles. The molecular weight excluding hydrogens is 148 g/mol. The van der Waals surface area contributed by atoms with Crippen LogP contribution in [0.25, 0.3) is 0 Å². The van der Waals surface area contributed by atoms with Crippen molar-refractivity contribution >= 4 is 0 Å². The third-order valence-electron chi connectivity index (χ3n) is 3.26. The van der Waals surface area contributed by atoms with Gasteiger partial charge in [0, 0.05) is 0 Å². The molecular formula is C10H22N2. The molecule has 0 amide bonds. The van der Waals surface area contributed by atoms with Gasteiger partial charge in [0.05, 0.1) is 0 Å². The summed E-state index contributed by atoms with van der Waals surface area (Å²) in [5, 5.41) is 0. The normalized spacial score (nSPS) is 22.5. The van der Waals surface area contributed by atoms with Gasteiger partial charge in [-0.3, -0.25) is 0 Å². The molecule has 0 saturated heterocycles. The van der Waals surface area contributed by atoms with Crippen LogP contribution >= 0.6 is 0 Å². The lowest BCUT2D eigenvalue weighted by atomic mass is 9.71. The first-order chi connectivity index (χ1) is 5.83. The molecule has 0 aromatic carbocycles. The Hall–Kier alpha value is -0.0800. The van der Waals surface area contributed by atoms with Crippen LogP contribution in [0.3, 0.4) is 0 Å². The van der Waals surface area contributed by atoms with Crippen LogP contribution < -0.4 is 11.5 Å². The molecule has 0 bridgehead atoms. The van der Waals surface area contributed by atoms with Gasteiger partial charge >= 0.3 is 0 Å². The minimum Gasteiger partial charge on any atom is -0.330 e. The number of hydrogen-bond donors (Lipinski definition) is 2. The van der Waals surface area contributed by atoms with Crippen molar-refractivity contribution in [2.45, 2.75) is 44.9 Å². The first kappa shape index (κ1) is 10.0. The zero-order valence-electron chi connectivity index (χ0n) is 8.02. The Morgan fingerprint density at radius 3 is 2.17 bits per heavy atom. The van der Waals surface area contributed by atoms with Crippen molar-refractivity contribution in [3.8, 4) is 0 Å². The van der Waals surface area contributed by atoms with Gasteiger partial charge in [0.25, 0.3) is 0 Å². The Balaban J connectivity index is 2.37. The second-order valence-electron chi connectivity index (χ2n) is 4.16. The molecule has 72 valence electrons. The summed E-state index contributed by atoms with van der Waals surface area (Å²) in [6, 6.07) is 0. The van der Waals surface area contributed by atoms with Crippen molar-refractivity contribution in [2.75, 3.05) is 13.1 Å². The first-order valence-electron chi connectivity index (χ1n) is 5.23. The molecule has 1 aliphatic rings. The van der Waals surface area contributed by atoms with E-state index in [4.69, 9.17) is 11.5 Å². The monoisotopic (exact) mass is 170 g/mol. The van der Waals surface area contributed by atoms with E-state index in [-0.39, 0.29) is 0 Å². The standard InChI is InChI=1S/C10H22N2/c11-8-4-7-10(9-12)5-2-1-3-6-10/h1-9,11-12H2. The summed E-state index contributed by atoms with van der Waals surface area (Å²) in [6.45, 7) is 1.69. The first-order valence-corrected chi connectivity index (χ1v) is 5.23. The zero-order valence-corrected chi connectivity index (χ0v) is 8.02. The summed E-state index contributed by atoms with van der Waals surface area (Å²) >= 11 is 0. The summed E-state index contributed by atoms with van der Waals surface area (Å²) < 4.78 is 0. The fraction of sp³-hybridized carbons (Fsp3) is 1.00. The minimum absolute atomic E-state index is 0.470. The van der Waals surface area contributed by atoms with Crippen LogP contribution in [0.5, 0.6) is 0 Å². The lowest BCUT2D eigenvalue weighted by Gasteiger charge is -2.36. The van der Waals surface area contributed by atoms with E-state index < -0.39 is 0 Å². The maximum absolute atomic E-state index is 5.84. The smallest absolute Gasteiger partial charge is 0.00205 e. The van der Waals surface area contributed by atoms with Crippen LogP contribution in [0.15, 0.2) is 0 Å². The van der Waals surface area contributed by atoms with Crippen molar-refractivity contribution < 1.29 is 0 Å². The van der Waals surface area contributed by atoms with Crippen LogP contribution in [0.1, 0.15) is 44.9 Å². The van der Waals surface area contributed by atoms with E-state index in [2.05, 4.69) is 0 Å². The van der Waals surface area contributed by atoms with Gasteiger partial charge in [-0.2, -0.15) is 0 Å². The molecule has 0 aromatic heterocycles. The highest BCUT2D eigenvalue weighted by Crippen LogP contribution is 2.38. The molecule has 1 aliphatic carbocycles. The highest BCUT2D eigenvalue weighted by atomic mass is 14.6. The Kier molecular flexibility index (Phi) is 4.02. The van der Waals surface area contributed by atoms with E-state index in [1.807, 2.05) is 0 Å². The maximum atomic E-state index is 5.84. The molecule has 0 radical (unpaired) electrons. The number of hydrogen-bond acceptors (Lipinski definition) is 2. The van der Waals surface area contributed by atoms with Crippen LogP contribution in [0.4, 0.5) is 0 Å². The average molecular weight is 170 g/mol. The molecule has 1 rings (SSSR count). The minimum atomic E-state index is 0.470. The summed E-state index contributed by atoms with van der Waals surface area (Å²) in [5.74, 6) is 0. The highest BCUT2D eigenvalue weighted by Gasteiger charge is 2.29. The van der Waals surface area contributed by atoms with Gasteiger partial charge in [0.15, 0.2) is 0 Å². The van der Waals surface area contributed by atoms with Gasteiger partial charge in [-0.25, -0.2) is 0 Å². The summed E-state index contributed by atoms with van der Waals surface area (Å²) in [6.07, 6.45) is 9.23. The SMILES string of the molecule is NCCCC1(CN)CCCCC1. The second-order valence-corrected chi connectivity index (χ2v) is 4.16. The predicted molar refractivity (Wildman–Crippen MR) is 52.9 cm³/mol. The number of nitrogens with two attached hydrogens (primary N) is 2. The van der Waals surface area contributed by atoms with E-state index in [1.54, 1.807) is 0 Å². The van der Waals surface area contributed by atoms with Crippen LogP contribution in [0, 0.1) is 5.41 Å². The predicted octanol–water partition coefficient (Wildman–Crippen LogP) is 1.63. The van der Waals surface area contributed by atoms with Crippen LogP contribution in [-0.4, -0.2) is 13.1 Å². The van der Waals surface area contributed by atoms with Crippen LogP contribution in [-0.2, 0) is 0 Å². The molecule has 2 nitrogen and oxygen atoms in total. The molecule has 0 atom stereocenters. The van der Waals surface area contributed by atoms with Crippen molar-refractivity contribution in [1.82, 2.24) is 0 Å². The van der Waals surface area contributed by atoms with Crippen molar-refractivity contribution in [2.24, 2.45) is 16.9 Å². The molecule has 12 heavy (non-hydrogen) atoms. The van der Waals surface area contributed by atoms with E-state index in [0.717, 1.165) is 19.5 Å². The topological polar surface area (TPSA) is 52.0 Å². The van der Waals surface area contributed by atoms with Crippen molar-refractivity contribution in [3.05, 3.63) is 0 Å². The molecule has 4 N–H and O–H groups in total. The Labute approximate surface area is 75.7 Å². The fourth-order valence-corrected chi connectivity index (χ4v) is 2.34. The summed E-state index contributed by atoms with van der Waals surface area (Å²) in [4.78, 5) is 0. The highest BCUT2D eigenvalue weighted by molar-refractivity contribution is 4.83. The molecule has 0 unspecified atom stereocenters. The van der Waals surface area contributed by atoms with Crippen molar-refractivity contribution in [3.63, 3.8) is 0 Å². The number of rotatable bonds is 4. The molecule has 0 aromatic rings. The largest absolute Gasteiger partial charge is 0.330 e. The van der Waals surface area contributed by atoms with E-state index in [1.165, 1.54) is 38.5 Å². The molecule has 0 spiro atoms. The van der Waals surface area contributed by atoms with Gasteiger partial charge in [-0.1, -0.05) is 19.3 Å². The maximum Gasteiger partial charge on any atom is -0.00205 e. The molecule has 0 heterocycles. The zero-order chi connectivity index (χ0) is 8.86. The van der Waals surface area contributed by atoms with Gasteiger partial charge in [-0.15, -0.1) is 0 Å². The molecule has 0 aliphatic heterocycles. The third kappa shape index (κ3) is 2.46. The van der Waals surface area contributed by atoms with Crippen molar-refractivity contribution in [1.29, 1.82) is 0 Å². The Morgan fingerprint density at radius 1 is 1.00 bits per heavy atom. The van der Waals surface area contributed by atoms with Crippen LogP contribution in [0.2, 0.25) is 0 Å². The quantitative estimate of drug-likeness (QED) is 0.674. The van der Waals surface area contributed by atoms with Gasteiger partial charge in [-0.05, 0) is 44.2 Å². The Bertz CT molecular complexity index is 117. The summed E-state index contributed by atoms with van der Waals surface area (Å²) in [5.41, 5.74) is 11.8. The third-order valence-corrected chi connectivity index (χ3v) is 3.26. The van der Waals surface area contributed by atoms with Gasteiger partial charge < -0.3 is 11.5 Å². The molecule has 2 heteroatoms. The molecule has 1 fully saturated rings. The lowest BCUT2D eigenvalue weighted by Crippen LogP contribution is -2.33. The van der Waals surface area contributed by atoms with E-state index >= 15 is 0 Å². The van der Waals surface area contributed by atoms with E-state index in [9.17, 15) is 0 Å².